The van der Waals surface area contributed by atoms with Crippen LogP contribution in [0.3, 0.4) is 0 Å². The summed E-state index contributed by atoms with van der Waals surface area (Å²) in [5.74, 6) is -1.90. The monoisotopic (exact) mass is 280 g/mol. The minimum atomic E-state index is -2.72. The highest BCUT2D eigenvalue weighted by Crippen LogP contribution is 2.41. The van der Waals surface area contributed by atoms with Crippen LogP contribution in [-0.2, 0) is 11.2 Å². The Morgan fingerprint density at radius 3 is 2.79 bits per heavy atom. The number of hydrogen-bond donors (Lipinski definition) is 0. The highest BCUT2D eigenvalue weighted by Gasteiger charge is 2.63. The van der Waals surface area contributed by atoms with Crippen molar-refractivity contribution < 1.29 is 14.5 Å². The number of para-hydroxylation sites is 1. The average Bonchev–Trinajstić information content (AvgIpc) is 2.42. The molecule has 2 aliphatic rings. The van der Waals surface area contributed by atoms with E-state index in [0.29, 0.717) is 18.7 Å². The van der Waals surface area contributed by atoms with Crippen LogP contribution >= 0.6 is 11.6 Å². The predicted molar refractivity (Wildman–Crippen MR) is 67.0 cm³/mol. The molecule has 0 aromatic heterocycles. The quantitative estimate of drug-likeness (QED) is 0.256. The summed E-state index contributed by atoms with van der Waals surface area (Å²) in [6, 6.07) is 4.95. The minimum Gasteiger partial charge on any atom is -0.304 e. The fourth-order valence-electron chi connectivity index (χ4n) is 2.65. The second kappa shape index (κ2) is 3.77. The molecule has 1 atom stereocenters. The van der Waals surface area contributed by atoms with Crippen molar-refractivity contribution in [2.75, 3.05) is 11.4 Å². The number of nitrogens with zero attached hydrogens (tertiary/aromatic N) is 2. The molecule has 98 valence electrons. The van der Waals surface area contributed by atoms with E-state index in [4.69, 9.17) is 11.6 Å². The van der Waals surface area contributed by atoms with Crippen molar-refractivity contribution in [3.8, 4) is 0 Å². The Labute approximate surface area is 113 Å². The van der Waals surface area contributed by atoms with Gasteiger partial charge in [0.25, 0.3) is 5.78 Å². The Bertz CT molecular complexity index is 630. The number of carbonyl (C=O) groups excluding carboxylic acids is 2. The number of carbonyl (C=O) groups is 2. The van der Waals surface area contributed by atoms with E-state index in [1.165, 1.54) is 11.0 Å². The van der Waals surface area contributed by atoms with Crippen molar-refractivity contribution in [2.45, 2.75) is 17.8 Å². The molecule has 0 bridgehead atoms. The molecular formula is C12H9ClN2O4. The Hall–Kier alpha value is -1.95. The summed E-state index contributed by atoms with van der Waals surface area (Å²) in [5, 5.41) is 11.1. The van der Waals surface area contributed by atoms with E-state index >= 15 is 0 Å². The highest BCUT2D eigenvalue weighted by atomic mass is 35.5. The summed E-state index contributed by atoms with van der Waals surface area (Å²) < 4.78 is 0. The second-order valence-corrected chi connectivity index (χ2v) is 5.13. The summed E-state index contributed by atoms with van der Waals surface area (Å²) >= 11 is 5.75. The first-order valence-electron chi connectivity index (χ1n) is 5.80. The lowest BCUT2D eigenvalue weighted by Gasteiger charge is -2.37. The third-order valence-corrected chi connectivity index (χ3v) is 4.01. The van der Waals surface area contributed by atoms with Crippen LogP contribution in [-0.4, -0.2) is 28.2 Å². The van der Waals surface area contributed by atoms with Gasteiger partial charge in [-0.3, -0.25) is 19.7 Å². The lowest BCUT2D eigenvalue weighted by Crippen LogP contribution is -2.60. The van der Waals surface area contributed by atoms with Gasteiger partial charge in [-0.1, -0.05) is 12.1 Å². The van der Waals surface area contributed by atoms with Crippen molar-refractivity contribution in [2.24, 2.45) is 0 Å². The van der Waals surface area contributed by atoms with Gasteiger partial charge in [0, 0.05) is 6.54 Å². The molecule has 19 heavy (non-hydrogen) atoms. The van der Waals surface area contributed by atoms with Gasteiger partial charge in [0.2, 0.25) is 0 Å². The molecule has 0 radical (unpaired) electrons. The van der Waals surface area contributed by atoms with E-state index in [-0.39, 0.29) is 5.56 Å². The maximum atomic E-state index is 12.2. The number of Topliss-reactive ketones (excluding diaryl/α,β-unsaturated/α-hetero) is 1. The highest BCUT2D eigenvalue weighted by molar-refractivity contribution is 6.50. The van der Waals surface area contributed by atoms with Crippen molar-refractivity contribution in [1.29, 1.82) is 0 Å². The molecule has 0 fully saturated rings. The molecule has 3 rings (SSSR count). The number of benzene rings is 1. The molecule has 0 aliphatic carbocycles. The number of nitro groups is 1. The van der Waals surface area contributed by atoms with E-state index < -0.39 is 21.6 Å². The molecule has 0 N–H and O–H groups in total. The molecule has 1 aromatic carbocycles. The molecule has 6 nitrogen and oxygen atoms in total. The van der Waals surface area contributed by atoms with Crippen molar-refractivity contribution in [1.82, 2.24) is 0 Å². The number of ketones is 1. The zero-order chi connectivity index (χ0) is 13.8. The fourth-order valence-corrected chi connectivity index (χ4v) is 2.86. The molecule has 1 aromatic rings. The van der Waals surface area contributed by atoms with E-state index in [9.17, 15) is 19.7 Å². The second-order valence-electron chi connectivity index (χ2n) is 4.58. The third kappa shape index (κ3) is 1.37. The third-order valence-electron chi connectivity index (χ3n) is 3.54. The first-order chi connectivity index (χ1) is 8.98. The van der Waals surface area contributed by atoms with Gasteiger partial charge in [-0.2, -0.15) is 0 Å². The van der Waals surface area contributed by atoms with E-state index in [2.05, 4.69) is 0 Å². The van der Waals surface area contributed by atoms with Crippen LogP contribution in [0, 0.1) is 10.1 Å². The SMILES string of the molecule is O=C1c2cccc3c2N(CCC3)C(=O)C1(Cl)[N+](=O)[O-]. The lowest BCUT2D eigenvalue weighted by atomic mass is 9.88. The molecule has 0 saturated carbocycles. The van der Waals surface area contributed by atoms with Gasteiger partial charge in [0.15, 0.2) is 0 Å². The summed E-state index contributed by atoms with van der Waals surface area (Å²) in [5.41, 5.74) is 1.50. The molecule has 1 unspecified atom stereocenters. The van der Waals surface area contributed by atoms with Gasteiger partial charge < -0.3 is 4.90 Å². The lowest BCUT2D eigenvalue weighted by molar-refractivity contribution is -0.508. The van der Waals surface area contributed by atoms with E-state index in [1.807, 2.05) is 6.07 Å². The Balaban J connectivity index is 2.30. The van der Waals surface area contributed by atoms with Crippen molar-refractivity contribution >= 4 is 29.0 Å². The van der Waals surface area contributed by atoms with E-state index in [1.54, 1.807) is 6.07 Å². The van der Waals surface area contributed by atoms with Gasteiger partial charge in [0.1, 0.15) is 0 Å². The van der Waals surface area contributed by atoms with Gasteiger partial charge in [-0.05, 0) is 36.1 Å². The minimum absolute atomic E-state index is 0.156. The number of amides is 1. The summed E-state index contributed by atoms with van der Waals surface area (Å²) in [4.78, 5) is 33.0. The van der Waals surface area contributed by atoms with Crippen LogP contribution in [0.5, 0.6) is 0 Å². The Morgan fingerprint density at radius 1 is 1.37 bits per heavy atom. The number of halogens is 1. The van der Waals surface area contributed by atoms with Crippen LogP contribution < -0.4 is 4.90 Å². The molecule has 2 heterocycles. The smallest absolute Gasteiger partial charge is 0.304 e. The van der Waals surface area contributed by atoms with Crippen molar-refractivity contribution in [3.63, 3.8) is 0 Å². The Kier molecular flexibility index (Phi) is 2.40. The van der Waals surface area contributed by atoms with Gasteiger partial charge in [-0.25, -0.2) is 0 Å². The van der Waals surface area contributed by atoms with Gasteiger partial charge >= 0.3 is 10.9 Å². The summed E-state index contributed by atoms with van der Waals surface area (Å²) in [7, 11) is 0. The topological polar surface area (TPSA) is 80.5 Å². The standard InChI is InChI=1S/C12H9ClN2O4/c13-12(15(18)19)10(16)8-5-1-3-7-4-2-6-14(9(7)8)11(12)17/h1,3,5H,2,4,6H2. The van der Waals surface area contributed by atoms with Crippen LogP contribution in [0.1, 0.15) is 22.3 Å². The molecule has 1 amide bonds. The van der Waals surface area contributed by atoms with Crippen LogP contribution in [0.4, 0.5) is 5.69 Å². The molecule has 2 aliphatic heterocycles. The summed E-state index contributed by atoms with van der Waals surface area (Å²) in [6.07, 6.45) is 1.44. The fraction of sp³-hybridized carbons (Fsp3) is 0.333. The normalized spacial score (nSPS) is 25.2. The molecular weight excluding hydrogens is 272 g/mol. The predicted octanol–water partition coefficient (Wildman–Crippen LogP) is 1.37. The first-order valence-corrected chi connectivity index (χ1v) is 6.17. The van der Waals surface area contributed by atoms with Crippen molar-refractivity contribution in [3.05, 3.63) is 39.4 Å². The number of alkyl halides is 1. The number of rotatable bonds is 1. The zero-order valence-electron chi connectivity index (χ0n) is 9.76. The molecule has 0 saturated heterocycles. The summed E-state index contributed by atoms with van der Waals surface area (Å²) in [6.45, 7) is 0.346. The van der Waals surface area contributed by atoms with Gasteiger partial charge in [-0.15, -0.1) is 0 Å². The maximum absolute atomic E-state index is 12.2. The van der Waals surface area contributed by atoms with Crippen LogP contribution in [0.2, 0.25) is 0 Å². The number of anilines is 1. The maximum Gasteiger partial charge on any atom is 0.434 e. The Morgan fingerprint density at radius 2 is 2.11 bits per heavy atom. The van der Waals surface area contributed by atoms with Gasteiger partial charge in [0.05, 0.1) is 16.2 Å². The molecule has 7 heteroatoms. The van der Waals surface area contributed by atoms with Crippen LogP contribution in [0.25, 0.3) is 0 Å². The van der Waals surface area contributed by atoms with Crippen LogP contribution in [0.15, 0.2) is 18.2 Å². The first kappa shape index (κ1) is 12.1. The average molecular weight is 281 g/mol. The molecule has 0 spiro atoms. The number of aryl methyl sites for hydroxylation is 1. The van der Waals surface area contributed by atoms with E-state index in [0.717, 1.165) is 12.0 Å². The largest absolute Gasteiger partial charge is 0.434 e. The zero-order valence-corrected chi connectivity index (χ0v) is 10.5. The number of hydrogen-bond acceptors (Lipinski definition) is 4.